The minimum Gasteiger partial charge on any atom is -0.494 e. The summed E-state index contributed by atoms with van der Waals surface area (Å²) in [5.41, 5.74) is 1.38. The lowest BCUT2D eigenvalue weighted by atomic mass is 10.2. The first-order valence-electron chi connectivity index (χ1n) is 9.70. The zero-order chi connectivity index (χ0) is 21.6. The van der Waals surface area contributed by atoms with Gasteiger partial charge in [-0.15, -0.1) is 20.4 Å². The van der Waals surface area contributed by atoms with Crippen molar-refractivity contribution >= 4 is 5.69 Å². The van der Waals surface area contributed by atoms with E-state index in [-0.39, 0.29) is 24.0 Å². The van der Waals surface area contributed by atoms with E-state index >= 15 is 0 Å². The first kappa shape index (κ1) is 20.1. The molecule has 4 aromatic rings. The third-order valence-corrected chi connectivity index (χ3v) is 4.40. The molecule has 11 heteroatoms. The van der Waals surface area contributed by atoms with Gasteiger partial charge in [-0.25, -0.2) is 0 Å². The molecular weight excluding hydrogens is 402 g/mol. The summed E-state index contributed by atoms with van der Waals surface area (Å²) in [5, 5.41) is 31.1. The molecule has 0 atom stereocenters. The summed E-state index contributed by atoms with van der Waals surface area (Å²) in [7, 11) is 0. The number of non-ortho nitro benzene ring substituents is 1. The number of ether oxygens (including phenoxy) is 1. The van der Waals surface area contributed by atoms with Crippen LogP contribution >= 0.6 is 0 Å². The summed E-state index contributed by atoms with van der Waals surface area (Å²) in [5.74, 6) is 1.81. The minimum absolute atomic E-state index is 0.0108. The predicted octanol–water partition coefficient (Wildman–Crippen LogP) is 3.53. The molecule has 4 rings (SSSR count). The first-order valence-corrected chi connectivity index (χ1v) is 9.70. The molecule has 0 aliphatic carbocycles. The van der Waals surface area contributed by atoms with Gasteiger partial charge in [0.05, 0.1) is 11.5 Å². The van der Waals surface area contributed by atoms with Gasteiger partial charge < -0.3 is 9.15 Å². The minimum atomic E-state index is -0.468. The highest BCUT2D eigenvalue weighted by Gasteiger charge is 2.13. The van der Waals surface area contributed by atoms with Gasteiger partial charge in [0, 0.05) is 23.3 Å². The number of unbranched alkanes of at least 4 members (excludes halogenated alkanes) is 1. The Labute approximate surface area is 176 Å². The van der Waals surface area contributed by atoms with Crippen LogP contribution in [0.15, 0.2) is 52.9 Å². The van der Waals surface area contributed by atoms with Crippen molar-refractivity contribution in [2.24, 2.45) is 0 Å². The Hall–Kier alpha value is -4.15. The molecule has 0 saturated heterocycles. The normalized spacial score (nSPS) is 10.9. The molecule has 31 heavy (non-hydrogen) atoms. The Morgan fingerprint density at radius 3 is 2.48 bits per heavy atom. The molecule has 0 spiro atoms. The molecule has 0 radical (unpaired) electrons. The maximum absolute atomic E-state index is 10.8. The number of rotatable bonds is 9. The highest BCUT2D eigenvalue weighted by atomic mass is 16.6. The van der Waals surface area contributed by atoms with Crippen LogP contribution in [0.25, 0.3) is 22.8 Å². The summed E-state index contributed by atoms with van der Waals surface area (Å²) < 4.78 is 11.3. The van der Waals surface area contributed by atoms with Gasteiger partial charge >= 0.3 is 0 Å². The number of tetrazole rings is 1. The van der Waals surface area contributed by atoms with E-state index in [0.717, 1.165) is 24.2 Å². The van der Waals surface area contributed by atoms with Crippen molar-refractivity contribution in [3.8, 4) is 28.6 Å². The predicted molar refractivity (Wildman–Crippen MR) is 109 cm³/mol. The van der Waals surface area contributed by atoms with E-state index in [1.165, 1.54) is 16.9 Å². The van der Waals surface area contributed by atoms with Crippen LogP contribution in [0.5, 0.6) is 5.75 Å². The molecule has 2 aromatic carbocycles. The van der Waals surface area contributed by atoms with Crippen LogP contribution in [0.3, 0.4) is 0 Å². The van der Waals surface area contributed by atoms with Crippen molar-refractivity contribution in [1.82, 2.24) is 30.4 Å². The largest absolute Gasteiger partial charge is 0.494 e. The van der Waals surface area contributed by atoms with Crippen molar-refractivity contribution in [1.29, 1.82) is 0 Å². The number of hydrogen-bond donors (Lipinski definition) is 0. The van der Waals surface area contributed by atoms with Gasteiger partial charge in [-0.05, 0) is 48.0 Å². The average molecular weight is 421 g/mol. The molecule has 158 valence electrons. The van der Waals surface area contributed by atoms with E-state index in [1.807, 2.05) is 24.3 Å². The number of nitro benzene ring substituents is 1. The highest BCUT2D eigenvalue weighted by Crippen LogP contribution is 2.22. The maximum Gasteiger partial charge on any atom is 0.269 e. The van der Waals surface area contributed by atoms with Crippen LogP contribution in [0.1, 0.15) is 25.7 Å². The Kier molecular flexibility index (Phi) is 5.92. The number of nitro groups is 1. The van der Waals surface area contributed by atoms with Gasteiger partial charge in [0.2, 0.25) is 17.6 Å². The lowest BCUT2D eigenvalue weighted by Crippen LogP contribution is -2.04. The molecule has 0 unspecified atom stereocenters. The van der Waals surface area contributed by atoms with E-state index < -0.39 is 4.92 Å². The summed E-state index contributed by atoms with van der Waals surface area (Å²) in [4.78, 5) is 11.6. The molecular formula is C20H19N7O4. The van der Waals surface area contributed by atoms with Gasteiger partial charge in [0.15, 0.2) is 0 Å². The van der Waals surface area contributed by atoms with Crippen LogP contribution in [0.4, 0.5) is 5.69 Å². The third kappa shape index (κ3) is 4.89. The second-order valence-corrected chi connectivity index (χ2v) is 6.67. The molecule has 0 bridgehead atoms. The third-order valence-electron chi connectivity index (χ3n) is 4.40. The van der Waals surface area contributed by atoms with Crippen LogP contribution in [-0.2, 0) is 6.54 Å². The van der Waals surface area contributed by atoms with E-state index in [2.05, 4.69) is 32.5 Å². The zero-order valence-corrected chi connectivity index (χ0v) is 16.7. The SMILES string of the molecule is CCCCOc1ccc(-c2nnn(Cc3nnc(-c4ccc([N+](=O)[O-])cc4)o3)n2)cc1. The molecule has 0 N–H and O–H groups in total. The monoisotopic (exact) mass is 421 g/mol. The number of aromatic nitrogens is 6. The van der Waals surface area contributed by atoms with E-state index in [0.29, 0.717) is 18.0 Å². The number of hydrogen-bond acceptors (Lipinski definition) is 9. The summed E-state index contributed by atoms with van der Waals surface area (Å²) in [6.45, 7) is 2.95. The van der Waals surface area contributed by atoms with Gasteiger partial charge in [0.1, 0.15) is 12.3 Å². The lowest BCUT2D eigenvalue weighted by molar-refractivity contribution is -0.384. The number of nitrogens with zero attached hydrogens (tertiary/aromatic N) is 7. The lowest BCUT2D eigenvalue weighted by Gasteiger charge is -2.05. The van der Waals surface area contributed by atoms with Crippen molar-refractivity contribution in [3.05, 3.63) is 64.5 Å². The molecule has 0 aliphatic heterocycles. The topological polar surface area (TPSA) is 135 Å². The average Bonchev–Trinajstić information content (AvgIpc) is 3.45. The zero-order valence-electron chi connectivity index (χ0n) is 16.7. The highest BCUT2D eigenvalue weighted by molar-refractivity contribution is 5.56. The summed E-state index contributed by atoms with van der Waals surface area (Å²) in [6, 6.07) is 13.4. The van der Waals surface area contributed by atoms with E-state index in [4.69, 9.17) is 9.15 Å². The summed E-state index contributed by atoms with van der Waals surface area (Å²) in [6.07, 6.45) is 2.10. The second-order valence-electron chi connectivity index (χ2n) is 6.67. The molecule has 0 saturated carbocycles. The standard InChI is InChI=1S/C20H19N7O4/c1-2-3-12-30-17-10-6-14(7-11-17)19-22-25-26(24-19)13-18-21-23-20(31-18)15-4-8-16(9-5-15)27(28)29/h4-11H,2-3,12-13H2,1H3. The second kappa shape index (κ2) is 9.11. The molecule has 2 heterocycles. The quantitative estimate of drug-likeness (QED) is 0.226. The fourth-order valence-electron chi connectivity index (χ4n) is 2.74. The van der Waals surface area contributed by atoms with Crippen molar-refractivity contribution in [3.63, 3.8) is 0 Å². The van der Waals surface area contributed by atoms with Gasteiger partial charge in [0.25, 0.3) is 5.69 Å². The fraction of sp³-hybridized carbons (Fsp3) is 0.250. The fourth-order valence-corrected chi connectivity index (χ4v) is 2.74. The van der Waals surface area contributed by atoms with Crippen LogP contribution < -0.4 is 4.74 Å². The van der Waals surface area contributed by atoms with Gasteiger partial charge in [-0.2, -0.15) is 4.80 Å². The van der Waals surface area contributed by atoms with Crippen molar-refractivity contribution < 1.29 is 14.1 Å². The Bertz CT molecular complexity index is 1150. The molecule has 0 aliphatic rings. The first-order chi connectivity index (χ1) is 15.1. The van der Waals surface area contributed by atoms with Crippen LogP contribution in [-0.4, -0.2) is 41.9 Å². The Morgan fingerprint density at radius 2 is 1.77 bits per heavy atom. The number of benzene rings is 2. The molecule has 2 aromatic heterocycles. The van der Waals surface area contributed by atoms with E-state index in [1.54, 1.807) is 12.1 Å². The van der Waals surface area contributed by atoms with Crippen molar-refractivity contribution in [2.75, 3.05) is 6.61 Å². The molecule has 0 fully saturated rings. The van der Waals surface area contributed by atoms with E-state index in [9.17, 15) is 10.1 Å². The molecule has 11 nitrogen and oxygen atoms in total. The van der Waals surface area contributed by atoms with Crippen LogP contribution in [0.2, 0.25) is 0 Å². The van der Waals surface area contributed by atoms with Crippen LogP contribution in [0, 0.1) is 10.1 Å². The Balaban J connectivity index is 1.41. The van der Waals surface area contributed by atoms with Crippen molar-refractivity contribution in [2.45, 2.75) is 26.3 Å². The summed E-state index contributed by atoms with van der Waals surface area (Å²) >= 11 is 0. The maximum atomic E-state index is 10.8. The Morgan fingerprint density at radius 1 is 1.03 bits per heavy atom. The smallest absolute Gasteiger partial charge is 0.269 e. The molecule has 0 amide bonds. The van der Waals surface area contributed by atoms with Gasteiger partial charge in [-0.1, -0.05) is 13.3 Å². The van der Waals surface area contributed by atoms with Gasteiger partial charge in [-0.3, -0.25) is 10.1 Å².